The van der Waals surface area contributed by atoms with Gasteiger partial charge < -0.3 is 5.32 Å². The van der Waals surface area contributed by atoms with Crippen molar-refractivity contribution in [3.63, 3.8) is 0 Å². The van der Waals surface area contributed by atoms with Crippen molar-refractivity contribution >= 4 is 34.0 Å². The third kappa shape index (κ3) is 4.51. The predicted octanol–water partition coefficient (Wildman–Crippen LogP) is 3.15. The van der Waals surface area contributed by atoms with E-state index in [1.807, 2.05) is 0 Å². The molecule has 1 N–H and O–H groups in total. The Morgan fingerprint density at radius 3 is 2.57 bits per heavy atom. The van der Waals surface area contributed by atoms with Crippen LogP contribution in [-0.2, 0) is 16.2 Å². The number of hydrogen-bond donors (Lipinski definition) is 1. The molecule has 1 aliphatic rings. The predicted molar refractivity (Wildman–Crippen MR) is 84.5 cm³/mol. The van der Waals surface area contributed by atoms with Gasteiger partial charge in [0.1, 0.15) is 4.90 Å². The van der Waals surface area contributed by atoms with Gasteiger partial charge in [0.25, 0.3) is 0 Å². The second kappa shape index (κ2) is 7.57. The number of rotatable bonds is 3. The summed E-state index contributed by atoms with van der Waals surface area (Å²) >= 11 is 5.83. The van der Waals surface area contributed by atoms with Crippen LogP contribution in [0.15, 0.2) is 23.1 Å². The minimum Gasteiger partial charge on any atom is -0.316 e. The van der Waals surface area contributed by atoms with E-state index in [0.29, 0.717) is 12.5 Å². The number of benzene rings is 1. The van der Waals surface area contributed by atoms with E-state index >= 15 is 0 Å². The highest BCUT2D eigenvalue weighted by atomic mass is 35.5. The molecule has 1 heterocycles. The third-order valence-electron chi connectivity index (χ3n) is 3.67. The van der Waals surface area contributed by atoms with Gasteiger partial charge in [0.05, 0.1) is 10.6 Å². The summed E-state index contributed by atoms with van der Waals surface area (Å²) in [4.78, 5) is -0.499. The quantitative estimate of drug-likeness (QED) is 0.859. The van der Waals surface area contributed by atoms with E-state index < -0.39 is 26.7 Å². The fourth-order valence-electron chi connectivity index (χ4n) is 2.41. The third-order valence-corrected chi connectivity index (χ3v) is 6.02. The largest absolute Gasteiger partial charge is 0.416 e. The molecule has 1 fully saturated rings. The van der Waals surface area contributed by atoms with Gasteiger partial charge in [0.15, 0.2) is 0 Å². The van der Waals surface area contributed by atoms with Crippen LogP contribution in [0.2, 0.25) is 5.02 Å². The first-order valence-electron chi connectivity index (χ1n) is 6.70. The summed E-state index contributed by atoms with van der Waals surface area (Å²) in [5, 5.41) is 2.78. The molecule has 1 aliphatic heterocycles. The van der Waals surface area contributed by atoms with Crippen LogP contribution in [0.5, 0.6) is 0 Å². The second-order valence-electron chi connectivity index (χ2n) is 5.13. The van der Waals surface area contributed by atoms with Gasteiger partial charge >= 0.3 is 6.18 Å². The molecule has 10 heteroatoms. The van der Waals surface area contributed by atoms with Gasteiger partial charge in [-0.05, 0) is 38.1 Å². The van der Waals surface area contributed by atoms with Gasteiger partial charge in [0.2, 0.25) is 10.0 Å². The number of hydrogen-bond acceptors (Lipinski definition) is 3. The van der Waals surface area contributed by atoms with Gasteiger partial charge in [-0.2, -0.15) is 17.5 Å². The summed E-state index contributed by atoms with van der Waals surface area (Å²) in [7, 11) is -2.34. The molecule has 0 aliphatic carbocycles. The van der Waals surface area contributed by atoms with Crippen LogP contribution >= 0.6 is 24.0 Å². The molecule has 0 spiro atoms. The SMILES string of the molecule is CNC1CCCN(S(=O)(=O)c2cc(C(F)(F)F)ccc2Cl)C1.Cl. The number of nitrogens with zero attached hydrogens (tertiary/aromatic N) is 1. The normalized spacial score (nSPS) is 20.1. The Labute approximate surface area is 144 Å². The van der Waals surface area contributed by atoms with Crippen LogP contribution in [0, 0.1) is 0 Å². The van der Waals surface area contributed by atoms with E-state index in [1.54, 1.807) is 7.05 Å². The maximum absolute atomic E-state index is 12.8. The van der Waals surface area contributed by atoms with Gasteiger partial charge in [0, 0.05) is 19.1 Å². The van der Waals surface area contributed by atoms with Crippen molar-refractivity contribution in [3.05, 3.63) is 28.8 Å². The maximum Gasteiger partial charge on any atom is 0.416 e. The molecule has 23 heavy (non-hydrogen) atoms. The molecule has 0 amide bonds. The average molecular weight is 393 g/mol. The molecule has 1 unspecified atom stereocenters. The Hall–Kier alpha value is -0.540. The lowest BCUT2D eigenvalue weighted by Crippen LogP contribution is -2.46. The highest BCUT2D eigenvalue weighted by molar-refractivity contribution is 7.89. The molecule has 1 aromatic rings. The number of alkyl halides is 3. The van der Waals surface area contributed by atoms with Crippen molar-refractivity contribution in [1.82, 2.24) is 9.62 Å². The number of likely N-dealkylation sites (N-methyl/N-ethyl adjacent to an activating group) is 1. The number of piperidine rings is 1. The number of sulfonamides is 1. The van der Waals surface area contributed by atoms with Crippen molar-refractivity contribution in [2.24, 2.45) is 0 Å². The van der Waals surface area contributed by atoms with Gasteiger partial charge in [-0.25, -0.2) is 8.42 Å². The monoisotopic (exact) mass is 392 g/mol. The van der Waals surface area contributed by atoms with Gasteiger partial charge in [-0.1, -0.05) is 11.6 Å². The van der Waals surface area contributed by atoms with Crippen molar-refractivity contribution in [1.29, 1.82) is 0 Å². The second-order valence-corrected chi connectivity index (χ2v) is 7.45. The lowest BCUT2D eigenvalue weighted by atomic mass is 10.1. The maximum atomic E-state index is 12.8. The van der Waals surface area contributed by atoms with E-state index in [-0.39, 0.29) is 36.6 Å². The van der Waals surface area contributed by atoms with Crippen LogP contribution < -0.4 is 5.32 Å². The Kier molecular flexibility index (Phi) is 6.74. The van der Waals surface area contributed by atoms with E-state index in [2.05, 4.69) is 5.32 Å². The molecule has 0 saturated carbocycles. The molecule has 0 radical (unpaired) electrons. The lowest BCUT2D eigenvalue weighted by Gasteiger charge is -2.32. The van der Waals surface area contributed by atoms with Crippen molar-refractivity contribution in [3.8, 4) is 0 Å². The van der Waals surface area contributed by atoms with E-state index in [4.69, 9.17) is 11.6 Å². The van der Waals surface area contributed by atoms with E-state index in [9.17, 15) is 21.6 Å². The zero-order chi connectivity index (χ0) is 16.5. The first-order chi connectivity index (χ1) is 10.2. The summed E-state index contributed by atoms with van der Waals surface area (Å²) in [5.41, 5.74) is -1.03. The lowest BCUT2D eigenvalue weighted by molar-refractivity contribution is -0.137. The fourth-order valence-corrected chi connectivity index (χ4v) is 4.44. The Morgan fingerprint density at radius 2 is 2.00 bits per heavy atom. The summed E-state index contributed by atoms with van der Waals surface area (Å²) in [6.07, 6.45) is -3.16. The van der Waals surface area contributed by atoms with Crippen molar-refractivity contribution in [2.75, 3.05) is 20.1 Å². The first-order valence-corrected chi connectivity index (χ1v) is 8.52. The number of nitrogens with one attached hydrogen (secondary N) is 1. The van der Waals surface area contributed by atoms with Crippen molar-refractivity contribution < 1.29 is 21.6 Å². The van der Waals surface area contributed by atoms with Crippen molar-refractivity contribution in [2.45, 2.75) is 30.0 Å². The smallest absolute Gasteiger partial charge is 0.316 e. The van der Waals surface area contributed by atoms with E-state index in [0.717, 1.165) is 18.6 Å². The van der Waals surface area contributed by atoms with Gasteiger partial charge in [-0.15, -0.1) is 12.4 Å². The molecule has 1 atom stereocenters. The zero-order valence-corrected chi connectivity index (χ0v) is 14.6. The summed E-state index contributed by atoms with van der Waals surface area (Å²) in [5.74, 6) is 0. The minimum atomic E-state index is -4.62. The van der Waals surface area contributed by atoms with Crippen LogP contribution in [0.1, 0.15) is 18.4 Å². The summed E-state index contributed by atoms with van der Waals surface area (Å²) < 4.78 is 64.7. The molecule has 1 aromatic carbocycles. The molecule has 4 nitrogen and oxygen atoms in total. The average Bonchev–Trinajstić information content (AvgIpc) is 2.46. The Bertz CT molecular complexity index is 653. The standard InChI is InChI=1S/C13H16ClF3N2O2S.ClH/c1-18-10-3-2-6-19(8-10)22(20,21)12-7-9(13(15,16)17)4-5-11(12)14;/h4-5,7,10,18H,2-3,6,8H2,1H3;1H. The molecule has 1 saturated heterocycles. The molecule has 0 aromatic heterocycles. The van der Waals surface area contributed by atoms with Gasteiger partial charge in [-0.3, -0.25) is 0 Å². The molecule has 132 valence electrons. The topological polar surface area (TPSA) is 49.4 Å². The molecular formula is C13H17Cl2F3N2O2S. The Morgan fingerprint density at radius 1 is 1.35 bits per heavy atom. The number of halogens is 5. The minimum absolute atomic E-state index is 0. The summed E-state index contributed by atoms with van der Waals surface area (Å²) in [6.45, 7) is 0.485. The van der Waals surface area contributed by atoms with Crippen LogP contribution in [0.4, 0.5) is 13.2 Å². The fraction of sp³-hybridized carbons (Fsp3) is 0.538. The Balaban J connectivity index is 0.00000264. The van der Waals surface area contributed by atoms with Crippen LogP contribution in [-0.4, -0.2) is 38.9 Å². The molecule has 0 bridgehead atoms. The first kappa shape index (κ1) is 20.5. The van der Waals surface area contributed by atoms with Crippen LogP contribution in [0.25, 0.3) is 0 Å². The highest BCUT2D eigenvalue weighted by Gasteiger charge is 2.35. The zero-order valence-electron chi connectivity index (χ0n) is 12.2. The highest BCUT2D eigenvalue weighted by Crippen LogP contribution is 2.34. The van der Waals surface area contributed by atoms with Crippen LogP contribution in [0.3, 0.4) is 0 Å². The molecular weight excluding hydrogens is 376 g/mol. The molecule has 2 rings (SSSR count). The van der Waals surface area contributed by atoms with E-state index in [1.165, 1.54) is 4.31 Å². The summed E-state index contributed by atoms with van der Waals surface area (Å²) in [6, 6.07) is 2.32.